The highest BCUT2D eigenvalue weighted by atomic mass is 35.5. The maximum Gasteiger partial charge on any atom is 0.150 e. The largest absolute Gasteiger partial charge is 0.229 e. The summed E-state index contributed by atoms with van der Waals surface area (Å²) in [6.07, 6.45) is 2.52. The predicted octanol–water partition coefficient (Wildman–Crippen LogP) is 3.24. The fourth-order valence-corrected chi connectivity index (χ4v) is 2.31. The quantitative estimate of drug-likeness (QED) is 0.539. The van der Waals surface area contributed by atoms with Crippen LogP contribution in [0.15, 0.2) is 0 Å². The first-order valence-corrected chi connectivity index (χ1v) is 7.79. The normalized spacial score (nSPS) is 15.3. The molecule has 4 heteroatoms. The van der Waals surface area contributed by atoms with Crippen LogP contribution in [0.5, 0.6) is 0 Å². The van der Waals surface area contributed by atoms with Gasteiger partial charge in [-0.2, -0.15) is 0 Å². The third kappa shape index (κ3) is 7.18. The van der Waals surface area contributed by atoms with Crippen LogP contribution in [-0.2, 0) is 9.84 Å². The Hall–Kier alpha value is 0.240. The van der Waals surface area contributed by atoms with Crippen LogP contribution in [0.3, 0.4) is 0 Å². The Bertz CT molecular complexity index is 265. The van der Waals surface area contributed by atoms with Crippen molar-refractivity contribution < 1.29 is 8.42 Å². The number of hydrogen-bond acceptors (Lipinski definition) is 2. The Kier molecular flexibility index (Phi) is 6.19. The highest BCUT2D eigenvalue weighted by Crippen LogP contribution is 2.28. The third-order valence-electron chi connectivity index (χ3n) is 2.54. The zero-order valence-electron chi connectivity index (χ0n) is 10.2. The first kappa shape index (κ1) is 15.2. The van der Waals surface area contributed by atoms with Crippen LogP contribution >= 0.6 is 11.6 Å². The smallest absolute Gasteiger partial charge is 0.150 e. The monoisotopic (exact) mass is 254 g/mol. The van der Waals surface area contributed by atoms with E-state index in [1.165, 1.54) is 0 Å². The summed E-state index contributed by atoms with van der Waals surface area (Å²) in [7, 11) is -2.80. The lowest BCUT2D eigenvalue weighted by Crippen LogP contribution is -2.20. The molecule has 0 bridgehead atoms. The molecule has 92 valence electrons. The van der Waals surface area contributed by atoms with Crippen LogP contribution < -0.4 is 0 Å². The highest BCUT2D eigenvalue weighted by molar-refractivity contribution is 7.91. The Labute approximate surface area is 99.3 Å². The van der Waals surface area contributed by atoms with Crippen LogP contribution in [0.25, 0.3) is 0 Å². The zero-order valence-corrected chi connectivity index (χ0v) is 11.8. The molecule has 0 amide bonds. The van der Waals surface area contributed by atoms with Gasteiger partial charge >= 0.3 is 0 Å². The van der Waals surface area contributed by atoms with Crippen molar-refractivity contribution in [2.24, 2.45) is 5.41 Å². The van der Waals surface area contributed by atoms with Crippen LogP contribution in [0.4, 0.5) is 0 Å². The topological polar surface area (TPSA) is 34.1 Å². The van der Waals surface area contributed by atoms with Crippen molar-refractivity contribution >= 4 is 21.4 Å². The summed E-state index contributed by atoms with van der Waals surface area (Å²) in [6, 6.07) is 0. The molecule has 0 aromatic rings. The minimum Gasteiger partial charge on any atom is -0.229 e. The molecule has 0 aliphatic heterocycles. The summed E-state index contributed by atoms with van der Waals surface area (Å²) in [5.41, 5.74) is 0.102. The Morgan fingerprint density at radius 2 is 1.73 bits per heavy atom. The van der Waals surface area contributed by atoms with Crippen molar-refractivity contribution in [2.75, 3.05) is 11.5 Å². The molecule has 0 aromatic heterocycles. The minimum atomic E-state index is -2.80. The summed E-state index contributed by atoms with van der Waals surface area (Å²) in [6.45, 7) is 8.00. The zero-order chi connectivity index (χ0) is 12.1. The number of alkyl halides is 1. The summed E-state index contributed by atoms with van der Waals surface area (Å²) in [4.78, 5) is 0. The van der Waals surface area contributed by atoms with Gasteiger partial charge in [0.2, 0.25) is 0 Å². The molecule has 0 saturated heterocycles. The lowest BCUT2D eigenvalue weighted by atomic mass is 9.89. The van der Waals surface area contributed by atoms with Crippen LogP contribution in [0.1, 0.15) is 47.0 Å². The van der Waals surface area contributed by atoms with E-state index in [-0.39, 0.29) is 16.5 Å². The Morgan fingerprint density at radius 1 is 1.20 bits per heavy atom. The van der Waals surface area contributed by atoms with Gasteiger partial charge in [0.05, 0.1) is 5.75 Å². The third-order valence-corrected chi connectivity index (χ3v) is 5.21. The van der Waals surface area contributed by atoms with E-state index in [9.17, 15) is 8.42 Å². The fourth-order valence-electron chi connectivity index (χ4n) is 1.22. The SMILES string of the molecule is CCS(=O)(=O)CCCCC(Cl)C(C)(C)C. The van der Waals surface area contributed by atoms with Crippen LogP contribution in [0.2, 0.25) is 0 Å². The van der Waals surface area contributed by atoms with Crippen molar-refractivity contribution in [2.45, 2.75) is 52.3 Å². The predicted molar refractivity (Wildman–Crippen MR) is 67.3 cm³/mol. The molecule has 0 saturated carbocycles. The second kappa shape index (κ2) is 6.09. The van der Waals surface area contributed by atoms with Gasteiger partial charge < -0.3 is 0 Å². The maximum absolute atomic E-state index is 11.2. The van der Waals surface area contributed by atoms with Gasteiger partial charge in [-0.25, -0.2) is 8.42 Å². The van der Waals surface area contributed by atoms with E-state index in [1.54, 1.807) is 6.92 Å². The van der Waals surface area contributed by atoms with Gasteiger partial charge in [0.15, 0.2) is 0 Å². The van der Waals surface area contributed by atoms with Crippen molar-refractivity contribution in [3.8, 4) is 0 Å². The standard InChI is InChI=1S/C11H23ClO2S/c1-5-15(13,14)9-7-6-8-10(12)11(2,3)4/h10H,5-9H2,1-4H3. The molecular formula is C11H23ClO2S. The van der Waals surface area contributed by atoms with E-state index in [2.05, 4.69) is 20.8 Å². The van der Waals surface area contributed by atoms with Gasteiger partial charge in [0.1, 0.15) is 9.84 Å². The van der Waals surface area contributed by atoms with Gasteiger partial charge in [0.25, 0.3) is 0 Å². The van der Waals surface area contributed by atoms with E-state index < -0.39 is 9.84 Å². The molecule has 2 nitrogen and oxygen atoms in total. The van der Waals surface area contributed by atoms with Gasteiger partial charge in [-0.15, -0.1) is 11.6 Å². The van der Waals surface area contributed by atoms with E-state index in [1.807, 2.05) is 0 Å². The van der Waals surface area contributed by atoms with Gasteiger partial charge in [-0.05, 0) is 18.3 Å². The molecule has 0 aliphatic rings. The lowest BCUT2D eigenvalue weighted by molar-refractivity contribution is 0.368. The maximum atomic E-state index is 11.2. The summed E-state index contributed by atoms with van der Waals surface area (Å²) < 4.78 is 22.4. The van der Waals surface area contributed by atoms with E-state index in [0.717, 1.165) is 19.3 Å². The van der Waals surface area contributed by atoms with Crippen molar-refractivity contribution in [3.05, 3.63) is 0 Å². The first-order valence-electron chi connectivity index (χ1n) is 5.53. The molecule has 0 aliphatic carbocycles. The Balaban J connectivity index is 3.74. The first-order chi connectivity index (χ1) is 6.69. The number of sulfone groups is 1. The molecule has 0 fully saturated rings. The van der Waals surface area contributed by atoms with Crippen molar-refractivity contribution in [3.63, 3.8) is 0 Å². The number of unbranched alkanes of at least 4 members (excludes halogenated alkanes) is 1. The van der Waals surface area contributed by atoms with Crippen molar-refractivity contribution in [1.82, 2.24) is 0 Å². The molecule has 0 radical (unpaired) electrons. The second-order valence-corrected chi connectivity index (χ2v) is 8.07. The average Bonchev–Trinajstić information content (AvgIpc) is 2.10. The van der Waals surface area contributed by atoms with Gasteiger partial charge in [-0.1, -0.05) is 34.1 Å². The molecule has 15 heavy (non-hydrogen) atoms. The molecular weight excluding hydrogens is 232 g/mol. The van der Waals surface area contributed by atoms with E-state index in [4.69, 9.17) is 11.6 Å². The molecule has 1 atom stereocenters. The number of hydrogen-bond donors (Lipinski definition) is 0. The summed E-state index contributed by atoms with van der Waals surface area (Å²) >= 11 is 6.19. The number of halogens is 1. The molecule has 1 unspecified atom stereocenters. The molecule has 0 N–H and O–H groups in total. The molecule has 0 spiro atoms. The molecule has 0 aromatic carbocycles. The second-order valence-electron chi connectivity index (χ2n) is 5.07. The fraction of sp³-hybridized carbons (Fsp3) is 1.00. The van der Waals surface area contributed by atoms with E-state index >= 15 is 0 Å². The van der Waals surface area contributed by atoms with Crippen molar-refractivity contribution in [1.29, 1.82) is 0 Å². The molecule has 0 rings (SSSR count). The summed E-state index contributed by atoms with van der Waals surface area (Å²) in [5, 5.41) is 0.127. The van der Waals surface area contributed by atoms with Crippen LogP contribution in [-0.4, -0.2) is 25.3 Å². The van der Waals surface area contributed by atoms with E-state index in [0.29, 0.717) is 5.75 Å². The average molecular weight is 255 g/mol. The Morgan fingerprint density at radius 3 is 2.13 bits per heavy atom. The minimum absolute atomic E-state index is 0.102. The summed E-state index contributed by atoms with van der Waals surface area (Å²) in [5.74, 6) is 0.549. The van der Waals surface area contributed by atoms with Gasteiger partial charge in [0, 0.05) is 11.1 Å². The highest BCUT2D eigenvalue weighted by Gasteiger charge is 2.21. The number of rotatable bonds is 6. The van der Waals surface area contributed by atoms with Gasteiger partial charge in [-0.3, -0.25) is 0 Å². The van der Waals surface area contributed by atoms with Crippen LogP contribution in [0, 0.1) is 5.41 Å². The molecule has 0 heterocycles. The lowest BCUT2D eigenvalue weighted by Gasteiger charge is -2.24.